The number of fused-ring (bicyclic) bond motifs is 1. The molecular formula is C22H19F3N2O5. The van der Waals surface area contributed by atoms with Gasteiger partial charge in [-0.3, -0.25) is 4.79 Å². The van der Waals surface area contributed by atoms with Crippen molar-refractivity contribution in [2.24, 2.45) is 5.16 Å². The van der Waals surface area contributed by atoms with Crippen molar-refractivity contribution < 1.29 is 37.4 Å². The number of oxime groups is 1. The number of nitrogens with zero attached hydrogens (tertiary/aromatic N) is 2. The summed E-state index contributed by atoms with van der Waals surface area (Å²) in [6.07, 6.45) is -3.88. The molecule has 0 saturated heterocycles. The van der Waals surface area contributed by atoms with Gasteiger partial charge < -0.3 is 19.6 Å². The topological polar surface area (TPSA) is 88.4 Å². The minimum atomic E-state index is -5.26. The van der Waals surface area contributed by atoms with Crippen LogP contribution in [0.15, 0.2) is 66.3 Å². The standard InChI is InChI=1S/C22H19F3N2O5/c1-2-11-32-26-16-12-27(21(30)22(23,24)25)19(20(28)29)15-9-6-10-17(18(15)16)31-13-14-7-4-3-5-8-14/h2-10,19H,1,11-13H2,(H,28,29). The first-order valence-corrected chi connectivity index (χ1v) is 9.44. The number of hydrogen-bond donors (Lipinski definition) is 1. The number of hydrogen-bond acceptors (Lipinski definition) is 5. The van der Waals surface area contributed by atoms with E-state index in [1.807, 2.05) is 30.3 Å². The molecule has 1 aliphatic heterocycles. The number of benzene rings is 2. The van der Waals surface area contributed by atoms with Crippen LogP contribution in [0.1, 0.15) is 22.7 Å². The minimum Gasteiger partial charge on any atom is -0.488 e. The molecule has 0 aliphatic carbocycles. The second-order valence-electron chi connectivity index (χ2n) is 6.79. The van der Waals surface area contributed by atoms with E-state index in [0.717, 1.165) is 5.56 Å². The molecule has 0 radical (unpaired) electrons. The maximum absolute atomic E-state index is 13.2. The Bertz CT molecular complexity index is 1040. The van der Waals surface area contributed by atoms with Crippen LogP contribution in [0.5, 0.6) is 5.75 Å². The first-order chi connectivity index (χ1) is 15.2. The van der Waals surface area contributed by atoms with Crippen molar-refractivity contribution in [2.45, 2.75) is 18.8 Å². The van der Waals surface area contributed by atoms with E-state index < -0.39 is 30.6 Å². The SMILES string of the molecule is C=CCON=C1CN(C(=O)C(F)(F)F)C(C(=O)O)c2cccc(OCc3ccccc3)c21. The van der Waals surface area contributed by atoms with Crippen molar-refractivity contribution in [3.8, 4) is 5.75 Å². The summed E-state index contributed by atoms with van der Waals surface area (Å²) in [5.41, 5.74) is 0.866. The molecule has 2 aromatic carbocycles. The predicted octanol–water partition coefficient (Wildman–Crippen LogP) is 3.70. The van der Waals surface area contributed by atoms with Crippen LogP contribution in [0.25, 0.3) is 0 Å². The van der Waals surface area contributed by atoms with Crippen molar-refractivity contribution in [2.75, 3.05) is 13.2 Å². The van der Waals surface area contributed by atoms with E-state index in [-0.39, 0.29) is 40.7 Å². The van der Waals surface area contributed by atoms with Crippen LogP contribution in [-0.2, 0) is 21.0 Å². The van der Waals surface area contributed by atoms with Crippen LogP contribution >= 0.6 is 0 Å². The van der Waals surface area contributed by atoms with Crippen LogP contribution in [-0.4, -0.2) is 46.9 Å². The number of halogens is 3. The molecule has 0 spiro atoms. The van der Waals surface area contributed by atoms with Crippen molar-refractivity contribution >= 4 is 17.6 Å². The Balaban J connectivity index is 2.08. The Hall–Kier alpha value is -3.82. The number of amides is 1. The average molecular weight is 448 g/mol. The molecule has 0 bridgehead atoms. The van der Waals surface area contributed by atoms with Gasteiger partial charge in [-0.05, 0) is 17.2 Å². The average Bonchev–Trinajstić information content (AvgIpc) is 2.76. The van der Waals surface area contributed by atoms with E-state index in [1.165, 1.54) is 18.2 Å². The maximum Gasteiger partial charge on any atom is 0.471 e. The molecule has 1 aliphatic rings. The molecule has 1 atom stereocenters. The highest BCUT2D eigenvalue weighted by atomic mass is 19.4. The number of carboxylic acids is 1. The van der Waals surface area contributed by atoms with E-state index in [2.05, 4.69) is 11.7 Å². The summed E-state index contributed by atoms with van der Waals surface area (Å²) in [6.45, 7) is 2.82. The molecule has 1 amide bonds. The number of carbonyl (C=O) groups excluding carboxylic acids is 1. The summed E-state index contributed by atoms with van der Waals surface area (Å²) in [7, 11) is 0. The fourth-order valence-corrected chi connectivity index (χ4v) is 3.30. The van der Waals surface area contributed by atoms with Gasteiger partial charge in [0.25, 0.3) is 0 Å². The van der Waals surface area contributed by atoms with Gasteiger partial charge in [0.05, 0.1) is 6.54 Å². The summed E-state index contributed by atoms with van der Waals surface area (Å²) < 4.78 is 45.4. The number of ether oxygens (including phenoxy) is 1. The van der Waals surface area contributed by atoms with Crippen molar-refractivity contribution in [1.82, 2.24) is 4.90 Å². The second-order valence-corrected chi connectivity index (χ2v) is 6.79. The van der Waals surface area contributed by atoms with Crippen LogP contribution in [0, 0.1) is 0 Å². The monoisotopic (exact) mass is 448 g/mol. The van der Waals surface area contributed by atoms with Crippen molar-refractivity contribution in [3.05, 3.63) is 77.9 Å². The first kappa shape index (κ1) is 22.9. The molecule has 10 heteroatoms. The van der Waals surface area contributed by atoms with E-state index in [4.69, 9.17) is 9.57 Å². The van der Waals surface area contributed by atoms with Gasteiger partial charge in [0, 0.05) is 5.56 Å². The first-order valence-electron chi connectivity index (χ1n) is 9.44. The zero-order valence-electron chi connectivity index (χ0n) is 16.7. The number of carboxylic acid groups (broad SMARTS) is 1. The zero-order valence-corrected chi connectivity index (χ0v) is 16.7. The summed E-state index contributed by atoms with van der Waals surface area (Å²) >= 11 is 0. The lowest BCUT2D eigenvalue weighted by molar-refractivity contribution is -0.189. The molecule has 32 heavy (non-hydrogen) atoms. The Labute approximate surface area is 181 Å². The summed E-state index contributed by atoms with van der Waals surface area (Å²) in [4.78, 5) is 29.2. The Kier molecular flexibility index (Phi) is 6.82. The molecule has 1 unspecified atom stereocenters. The lowest BCUT2D eigenvalue weighted by atomic mass is 9.90. The molecule has 168 valence electrons. The second kappa shape index (κ2) is 9.54. The van der Waals surface area contributed by atoms with Crippen LogP contribution < -0.4 is 4.74 Å². The largest absolute Gasteiger partial charge is 0.488 e. The number of alkyl halides is 3. The minimum absolute atomic E-state index is 0.0402. The van der Waals surface area contributed by atoms with Gasteiger partial charge in [-0.15, -0.1) is 0 Å². The highest BCUT2D eigenvalue weighted by Crippen LogP contribution is 2.38. The molecule has 1 heterocycles. The zero-order chi connectivity index (χ0) is 23.3. The summed E-state index contributed by atoms with van der Waals surface area (Å²) in [5.74, 6) is -3.70. The highest BCUT2D eigenvalue weighted by Gasteiger charge is 2.50. The molecule has 0 fully saturated rings. The fourth-order valence-electron chi connectivity index (χ4n) is 3.30. The highest BCUT2D eigenvalue weighted by molar-refractivity contribution is 6.10. The van der Waals surface area contributed by atoms with Crippen LogP contribution in [0.3, 0.4) is 0 Å². The quantitative estimate of drug-likeness (QED) is 0.397. The molecule has 2 aromatic rings. The van der Waals surface area contributed by atoms with Crippen molar-refractivity contribution in [1.29, 1.82) is 0 Å². The molecule has 3 rings (SSSR count). The number of carbonyl (C=O) groups is 2. The Morgan fingerprint density at radius 2 is 1.91 bits per heavy atom. The van der Waals surface area contributed by atoms with E-state index in [0.29, 0.717) is 0 Å². The fraction of sp³-hybridized carbons (Fsp3) is 0.227. The molecule has 1 N–H and O–H groups in total. The van der Waals surface area contributed by atoms with Gasteiger partial charge >= 0.3 is 18.1 Å². The van der Waals surface area contributed by atoms with Gasteiger partial charge in [0.15, 0.2) is 6.04 Å². The maximum atomic E-state index is 13.2. The van der Waals surface area contributed by atoms with Gasteiger partial charge in [-0.25, -0.2) is 4.79 Å². The third-order valence-electron chi connectivity index (χ3n) is 4.61. The van der Waals surface area contributed by atoms with Crippen LogP contribution in [0.2, 0.25) is 0 Å². The molecular weight excluding hydrogens is 429 g/mol. The van der Waals surface area contributed by atoms with E-state index in [9.17, 15) is 27.9 Å². The lowest BCUT2D eigenvalue weighted by Gasteiger charge is -2.36. The smallest absolute Gasteiger partial charge is 0.471 e. The van der Waals surface area contributed by atoms with Gasteiger partial charge in [-0.1, -0.05) is 60.3 Å². The lowest BCUT2D eigenvalue weighted by Crippen LogP contribution is -2.51. The Morgan fingerprint density at radius 1 is 1.19 bits per heavy atom. The predicted molar refractivity (Wildman–Crippen MR) is 108 cm³/mol. The van der Waals surface area contributed by atoms with Gasteiger partial charge in [0.1, 0.15) is 24.7 Å². The normalized spacial score (nSPS) is 16.9. The number of aliphatic carboxylic acids is 1. The van der Waals surface area contributed by atoms with Crippen molar-refractivity contribution in [3.63, 3.8) is 0 Å². The van der Waals surface area contributed by atoms with Gasteiger partial charge in [-0.2, -0.15) is 13.2 Å². The third-order valence-corrected chi connectivity index (χ3v) is 4.61. The number of rotatable bonds is 7. The van der Waals surface area contributed by atoms with E-state index in [1.54, 1.807) is 6.07 Å². The Morgan fingerprint density at radius 3 is 2.53 bits per heavy atom. The van der Waals surface area contributed by atoms with Gasteiger partial charge in [0.2, 0.25) is 0 Å². The van der Waals surface area contributed by atoms with E-state index >= 15 is 0 Å². The third kappa shape index (κ3) is 4.90. The summed E-state index contributed by atoms with van der Waals surface area (Å²) in [6, 6.07) is 11.5. The van der Waals surface area contributed by atoms with Crippen LogP contribution in [0.4, 0.5) is 13.2 Å². The molecule has 0 saturated carbocycles. The summed E-state index contributed by atoms with van der Waals surface area (Å²) in [5, 5.41) is 13.5. The molecule has 7 nitrogen and oxygen atoms in total. The molecule has 0 aromatic heterocycles.